The van der Waals surface area contributed by atoms with Gasteiger partial charge in [-0.2, -0.15) is 0 Å². The summed E-state index contributed by atoms with van der Waals surface area (Å²) < 4.78 is 10.5. The van der Waals surface area contributed by atoms with Crippen LogP contribution in [-0.4, -0.2) is 37.5 Å². The van der Waals surface area contributed by atoms with E-state index in [0.717, 1.165) is 18.5 Å². The van der Waals surface area contributed by atoms with Crippen LogP contribution in [0.25, 0.3) is 0 Å². The number of carbonyl (C=O) groups excluding carboxylic acids is 2. The molecule has 142 valence electrons. The molecule has 1 saturated heterocycles. The summed E-state index contributed by atoms with van der Waals surface area (Å²) >= 11 is 6.15. The fourth-order valence-corrected chi connectivity index (χ4v) is 3.30. The van der Waals surface area contributed by atoms with Gasteiger partial charge in [-0.1, -0.05) is 23.7 Å². The van der Waals surface area contributed by atoms with Crippen molar-refractivity contribution in [3.63, 3.8) is 0 Å². The van der Waals surface area contributed by atoms with Gasteiger partial charge in [0.25, 0.3) is 5.91 Å². The average Bonchev–Trinajstić information content (AvgIpc) is 3.07. The third kappa shape index (κ3) is 4.34. The summed E-state index contributed by atoms with van der Waals surface area (Å²) in [5.74, 6) is 0.777. The molecule has 1 heterocycles. The summed E-state index contributed by atoms with van der Waals surface area (Å²) in [6.45, 7) is 1.27. The van der Waals surface area contributed by atoms with E-state index in [0.29, 0.717) is 40.7 Å². The monoisotopic (exact) mass is 388 g/mol. The minimum atomic E-state index is -0.288. The molecule has 0 atom stereocenters. The maximum absolute atomic E-state index is 12.7. The Morgan fingerprint density at radius 1 is 1.19 bits per heavy atom. The second-order valence-corrected chi connectivity index (χ2v) is 6.67. The predicted octanol–water partition coefficient (Wildman–Crippen LogP) is 3.73. The van der Waals surface area contributed by atoms with Gasteiger partial charge in [-0.15, -0.1) is 0 Å². The number of nitrogens with one attached hydrogen (secondary N) is 1. The normalized spacial score (nSPS) is 13.6. The molecule has 0 radical (unpaired) electrons. The summed E-state index contributed by atoms with van der Waals surface area (Å²) in [5.41, 5.74) is 1.86. The molecular formula is C20H21ClN2O4. The molecule has 3 rings (SSSR count). The van der Waals surface area contributed by atoms with E-state index >= 15 is 0 Å². The molecular weight excluding hydrogens is 368 g/mol. The Balaban J connectivity index is 1.77. The Kier molecular flexibility index (Phi) is 5.86. The van der Waals surface area contributed by atoms with E-state index in [-0.39, 0.29) is 11.8 Å². The standard InChI is InChI=1S/C20H21ClN2O4/c1-26-17-11-18(27-2)16(10-15(17)21)22-20(25)14-6-3-5-13(9-14)12-23-8-4-7-19(23)24/h3,5-6,9-11H,4,7-8,12H2,1-2H3,(H,22,25). The van der Waals surface area contributed by atoms with Crippen LogP contribution in [0.5, 0.6) is 11.5 Å². The number of anilines is 1. The van der Waals surface area contributed by atoms with E-state index in [4.69, 9.17) is 21.1 Å². The van der Waals surface area contributed by atoms with Gasteiger partial charge in [0.2, 0.25) is 5.91 Å². The van der Waals surface area contributed by atoms with Crippen LogP contribution in [0.1, 0.15) is 28.8 Å². The molecule has 27 heavy (non-hydrogen) atoms. The van der Waals surface area contributed by atoms with Crippen molar-refractivity contribution in [2.45, 2.75) is 19.4 Å². The van der Waals surface area contributed by atoms with Crippen molar-refractivity contribution in [3.05, 3.63) is 52.5 Å². The predicted molar refractivity (Wildman–Crippen MR) is 104 cm³/mol. The molecule has 0 spiro atoms. The molecule has 2 amide bonds. The zero-order chi connectivity index (χ0) is 19.4. The first-order chi connectivity index (χ1) is 13.0. The van der Waals surface area contributed by atoms with Crippen LogP contribution in [0.2, 0.25) is 5.02 Å². The molecule has 0 aliphatic carbocycles. The van der Waals surface area contributed by atoms with E-state index in [2.05, 4.69) is 5.32 Å². The number of rotatable bonds is 6. The van der Waals surface area contributed by atoms with Gasteiger partial charge in [-0.25, -0.2) is 0 Å². The molecule has 0 bridgehead atoms. The second-order valence-electron chi connectivity index (χ2n) is 6.26. The van der Waals surface area contributed by atoms with Crippen molar-refractivity contribution in [2.75, 3.05) is 26.1 Å². The molecule has 0 unspecified atom stereocenters. The lowest BCUT2D eigenvalue weighted by Gasteiger charge is -2.16. The number of likely N-dealkylation sites (tertiary alicyclic amines) is 1. The fourth-order valence-electron chi connectivity index (χ4n) is 3.05. The number of amides is 2. The Morgan fingerprint density at radius 3 is 2.63 bits per heavy atom. The Labute approximate surface area is 163 Å². The van der Waals surface area contributed by atoms with Crippen LogP contribution >= 0.6 is 11.6 Å². The van der Waals surface area contributed by atoms with Crippen molar-refractivity contribution in [2.24, 2.45) is 0 Å². The smallest absolute Gasteiger partial charge is 0.255 e. The van der Waals surface area contributed by atoms with Crippen LogP contribution in [-0.2, 0) is 11.3 Å². The summed E-state index contributed by atoms with van der Waals surface area (Å²) in [4.78, 5) is 26.3. The fraction of sp³-hybridized carbons (Fsp3) is 0.300. The first-order valence-corrected chi connectivity index (χ1v) is 8.99. The number of methoxy groups -OCH3 is 2. The van der Waals surface area contributed by atoms with Crippen LogP contribution in [0, 0.1) is 0 Å². The molecule has 1 aliphatic rings. The number of carbonyl (C=O) groups is 2. The summed E-state index contributed by atoms with van der Waals surface area (Å²) in [5, 5.41) is 3.19. The van der Waals surface area contributed by atoms with Gasteiger partial charge in [0, 0.05) is 31.1 Å². The highest BCUT2D eigenvalue weighted by molar-refractivity contribution is 6.32. The topological polar surface area (TPSA) is 67.9 Å². The molecule has 7 heteroatoms. The molecule has 2 aromatic rings. The second kappa shape index (κ2) is 8.31. The summed E-state index contributed by atoms with van der Waals surface area (Å²) in [7, 11) is 3.02. The van der Waals surface area contributed by atoms with E-state index < -0.39 is 0 Å². The SMILES string of the molecule is COc1cc(OC)c(NC(=O)c2cccc(CN3CCCC3=O)c2)cc1Cl. The van der Waals surface area contributed by atoms with Gasteiger partial charge in [-0.3, -0.25) is 9.59 Å². The Hall–Kier alpha value is -2.73. The highest BCUT2D eigenvalue weighted by Gasteiger charge is 2.20. The number of hydrogen-bond donors (Lipinski definition) is 1. The minimum absolute atomic E-state index is 0.155. The number of benzene rings is 2. The van der Waals surface area contributed by atoms with Crippen molar-refractivity contribution in [3.8, 4) is 11.5 Å². The molecule has 1 N–H and O–H groups in total. The third-order valence-electron chi connectivity index (χ3n) is 4.46. The first kappa shape index (κ1) is 19.0. The average molecular weight is 389 g/mol. The van der Waals surface area contributed by atoms with E-state index in [1.165, 1.54) is 14.2 Å². The maximum atomic E-state index is 12.7. The Morgan fingerprint density at radius 2 is 1.96 bits per heavy atom. The largest absolute Gasteiger partial charge is 0.495 e. The van der Waals surface area contributed by atoms with Crippen molar-refractivity contribution in [1.29, 1.82) is 0 Å². The van der Waals surface area contributed by atoms with Gasteiger partial charge in [-0.05, 0) is 30.2 Å². The molecule has 0 saturated carbocycles. The number of hydrogen-bond acceptors (Lipinski definition) is 4. The highest BCUT2D eigenvalue weighted by atomic mass is 35.5. The van der Waals surface area contributed by atoms with Crippen molar-refractivity contribution >= 4 is 29.1 Å². The molecule has 1 aliphatic heterocycles. The zero-order valence-corrected chi connectivity index (χ0v) is 16.0. The zero-order valence-electron chi connectivity index (χ0n) is 15.3. The molecule has 1 fully saturated rings. The molecule has 0 aromatic heterocycles. The van der Waals surface area contributed by atoms with Crippen molar-refractivity contribution < 1.29 is 19.1 Å². The lowest BCUT2D eigenvalue weighted by atomic mass is 10.1. The highest BCUT2D eigenvalue weighted by Crippen LogP contribution is 2.36. The van der Waals surface area contributed by atoms with Crippen LogP contribution < -0.4 is 14.8 Å². The van der Waals surface area contributed by atoms with Crippen molar-refractivity contribution in [1.82, 2.24) is 4.90 Å². The van der Waals surface area contributed by atoms with E-state index in [1.807, 2.05) is 17.0 Å². The van der Waals surface area contributed by atoms with Gasteiger partial charge in [0.05, 0.1) is 24.9 Å². The van der Waals surface area contributed by atoms with Gasteiger partial charge < -0.3 is 19.7 Å². The third-order valence-corrected chi connectivity index (χ3v) is 4.75. The van der Waals surface area contributed by atoms with E-state index in [1.54, 1.807) is 24.3 Å². The van der Waals surface area contributed by atoms with Crippen LogP contribution in [0.4, 0.5) is 5.69 Å². The molecule has 2 aromatic carbocycles. The lowest BCUT2D eigenvalue weighted by molar-refractivity contribution is -0.128. The number of ether oxygens (including phenoxy) is 2. The number of halogens is 1. The van der Waals surface area contributed by atoms with Crippen LogP contribution in [0.3, 0.4) is 0 Å². The molecule has 6 nitrogen and oxygen atoms in total. The quantitative estimate of drug-likeness (QED) is 0.818. The van der Waals surface area contributed by atoms with Crippen LogP contribution in [0.15, 0.2) is 36.4 Å². The summed E-state index contributed by atoms with van der Waals surface area (Å²) in [6, 6.07) is 10.4. The van der Waals surface area contributed by atoms with E-state index in [9.17, 15) is 9.59 Å². The summed E-state index contributed by atoms with van der Waals surface area (Å²) in [6.07, 6.45) is 1.48. The van der Waals surface area contributed by atoms with Gasteiger partial charge in [0.15, 0.2) is 0 Å². The maximum Gasteiger partial charge on any atom is 0.255 e. The number of nitrogens with zero attached hydrogens (tertiary/aromatic N) is 1. The van der Waals surface area contributed by atoms with Gasteiger partial charge in [0.1, 0.15) is 11.5 Å². The van der Waals surface area contributed by atoms with Gasteiger partial charge >= 0.3 is 0 Å². The Bertz CT molecular complexity index is 869. The lowest BCUT2D eigenvalue weighted by Crippen LogP contribution is -2.24. The first-order valence-electron chi connectivity index (χ1n) is 8.61. The minimum Gasteiger partial charge on any atom is -0.495 e.